The fourth-order valence-corrected chi connectivity index (χ4v) is 3.18. The summed E-state index contributed by atoms with van der Waals surface area (Å²) in [6.45, 7) is 3.18. The maximum atomic E-state index is 11.8. The lowest BCUT2D eigenvalue weighted by atomic mass is 9.99. The van der Waals surface area contributed by atoms with Crippen LogP contribution in [0.4, 0.5) is 0 Å². The third-order valence-electron chi connectivity index (χ3n) is 5.13. The zero-order chi connectivity index (χ0) is 23.1. The molecule has 6 N–H and O–H groups in total. The predicted octanol–water partition coefficient (Wildman–Crippen LogP) is -2.61. The van der Waals surface area contributed by atoms with Crippen molar-refractivity contribution in [2.75, 3.05) is 19.8 Å². The summed E-state index contributed by atoms with van der Waals surface area (Å²) in [5.74, 6) is -0.476. The SMILES string of the molecule is CCCCOC(=O)C[C@@H](C)O[C@@H]1O[C@H](CO[C@@H]2OC[C@H](O)[C@H](O)[C@H]2O)[C@H](O)[C@H](O)[C@H]1O. The monoisotopic (exact) mass is 454 g/mol. The van der Waals surface area contributed by atoms with Crippen molar-refractivity contribution in [3.05, 3.63) is 0 Å². The first kappa shape index (κ1) is 26.3. The number of ether oxygens (including phenoxy) is 5. The molecule has 0 aromatic heterocycles. The Morgan fingerprint density at radius 3 is 2.35 bits per heavy atom. The summed E-state index contributed by atoms with van der Waals surface area (Å²) in [6.07, 6.45) is -12.0. The molecule has 0 bridgehead atoms. The molecule has 2 rings (SSSR count). The van der Waals surface area contributed by atoms with Crippen molar-refractivity contribution in [2.24, 2.45) is 0 Å². The van der Waals surface area contributed by atoms with Crippen molar-refractivity contribution in [3.63, 3.8) is 0 Å². The Morgan fingerprint density at radius 1 is 1.00 bits per heavy atom. The molecule has 2 aliphatic rings. The molecule has 0 aliphatic carbocycles. The fourth-order valence-electron chi connectivity index (χ4n) is 3.18. The standard InChI is InChI=1S/C19H34O12/c1-3-4-5-27-12(21)6-9(2)30-19-17(26)15(24)14(23)11(31-19)8-29-18-16(25)13(22)10(20)7-28-18/h9-11,13-20,22-26H,3-8H2,1-2H3/t9-,10+,11-,13+,14+,15+,16-,17-,18+,19-/m1/s1. The topological polar surface area (TPSA) is 185 Å². The summed E-state index contributed by atoms with van der Waals surface area (Å²) < 4.78 is 26.5. The summed E-state index contributed by atoms with van der Waals surface area (Å²) in [7, 11) is 0. The number of unbranched alkanes of at least 4 members (excludes halogenated alkanes) is 1. The van der Waals surface area contributed by atoms with Gasteiger partial charge >= 0.3 is 5.97 Å². The van der Waals surface area contributed by atoms with E-state index in [9.17, 15) is 35.4 Å². The van der Waals surface area contributed by atoms with Gasteiger partial charge in [0.15, 0.2) is 12.6 Å². The van der Waals surface area contributed by atoms with Crippen LogP contribution in [0.2, 0.25) is 0 Å². The lowest BCUT2D eigenvalue weighted by Gasteiger charge is -2.42. The Bertz CT molecular complexity index is 548. The summed E-state index contributed by atoms with van der Waals surface area (Å²) in [6, 6.07) is 0. The number of esters is 1. The van der Waals surface area contributed by atoms with Crippen molar-refractivity contribution in [1.82, 2.24) is 0 Å². The average molecular weight is 454 g/mol. The zero-order valence-corrected chi connectivity index (χ0v) is 17.6. The smallest absolute Gasteiger partial charge is 0.308 e. The van der Waals surface area contributed by atoms with E-state index in [2.05, 4.69) is 0 Å². The van der Waals surface area contributed by atoms with Gasteiger partial charge < -0.3 is 54.3 Å². The van der Waals surface area contributed by atoms with Crippen molar-refractivity contribution in [2.45, 2.75) is 94.5 Å². The van der Waals surface area contributed by atoms with Gasteiger partial charge in [0.25, 0.3) is 0 Å². The summed E-state index contributed by atoms with van der Waals surface area (Å²) in [5.41, 5.74) is 0. The zero-order valence-electron chi connectivity index (χ0n) is 17.6. The van der Waals surface area contributed by atoms with Crippen LogP contribution in [-0.2, 0) is 28.5 Å². The van der Waals surface area contributed by atoms with Crippen LogP contribution in [0.15, 0.2) is 0 Å². The molecule has 0 spiro atoms. The third kappa shape index (κ3) is 7.29. The van der Waals surface area contributed by atoms with Crippen LogP contribution in [0.5, 0.6) is 0 Å². The van der Waals surface area contributed by atoms with E-state index in [0.29, 0.717) is 6.61 Å². The van der Waals surface area contributed by atoms with Gasteiger partial charge in [-0.05, 0) is 13.3 Å². The minimum absolute atomic E-state index is 0.0988. The minimum Gasteiger partial charge on any atom is -0.466 e. The quantitative estimate of drug-likeness (QED) is 0.149. The molecule has 0 aromatic carbocycles. The number of hydrogen-bond acceptors (Lipinski definition) is 12. The van der Waals surface area contributed by atoms with Gasteiger partial charge in [0.2, 0.25) is 0 Å². The maximum absolute atomic E-state index is 11.8. The molecule has 0 saturated carbocycles. The van der Waals surface area contributed by atoms with Crippen LogP contribution in [0.3, 0.4) is 0 Å². The molecule has 2 fully saturated rings. The second kappa shape index (κ2) is 12.3. The van der Waals surface area contributed by atoms with E-state index in [-0.39, 0.29) is 19.6 Å². The molecule has 12 heteroatoms. The van der Waals surface area contributed by atoms with Crippen LogP contribution in [0.1, 0.15) is 33.1 Å². The summed E-state index contributed by atoms with van der Waals surface area (Å²) >= 11 is 0. The van der Waals surface area contributed by atoms with Crippen molar-refractivity contribution in [1.29, 1.82) is 0 Å². The largest absolute Gasteiger partial charge is 0.466 e. The van der Waals surface area contributed by atoms with E-state index in [1.165, 1.54) is 0 Å². The molecule has 2 heterocycles. The molecule has 31 heavy (non-hydrogen) atoms. The lowest BCUT2D eigenvalue weighted by molar-refractivity contribution is -0.326. The number of aliphatic hydroxyl groups excluding tert-OH is 6. The molecule has 0 aromatic rings. The molecule has 0 amide bonds. The Morgan fingerprint density at radius 2 is 1.68 bits per heavy atom. The molecule has 12 nitrogen and oxygen atoms in total. The number of carbonyl (C=O) groups excluding carboxylic acids is 1. The molecule has 0 radical (unpaired) electrons. The first-order valence-corrected chi connectivity index (χ1v) is 10.4. The van der Waals surface area contributed by atoms with Gasteiger partial charge in [0.05, 0.1) is 32.3 Å². The van der Waals surface area contributed by atoms with Gasteiger partial charge in [-0.3, -0.25) is 4.79 Å². The van der Waals surface area contributed by atoms with E-state index < -0.39 is 67.4 Å². The van der Waals surface area contributed by atoms with Gasteiger partial charge in [-0.2, -0.15) is 0 Å². The molecular formula is C19H34O12. The van der Waals surface area contributed by atoms with E-state index in [1.54, 1.807) is 6.92 Å². The van der Waals surface area contributed by atoms with Gasteiger partial charge in [0.1, 0.15) is 42.7 Å². The van der Waals surface area contributed by atoms with Crippen LogP contribution < -0.4 is 0 Å². The lowest BCUT2D eigenvalue weighted by Crippen LogP contribution is -2.60. The highest BCUT2D eigenvalue weighted by Gasteiger charge is 2.46. The molecular weight excluding hydrogens is 420 g/mol. The van der Waals surface area contributed by atoms with E-state index in [1.807, 2.05) is 6.92 Å². The number of rotatable bonds is 10. The van der Waals surface area contributed by atoms with Gasteiger partial charge in [-0.25, -0.2) is 0 Å². The molecule has 10 atom stereocenters. The minimum atomic E-state index is -1.62. The Balaban J connectivity index is 1.87. The molecule has 2 saturated heterocycles. The highest BCUT2D eigenvalue weighted by Crippen LogP contribution is 2.25. The molecule has 182 valence electrons. The predicted molar refractivity (Wildman–Crippen MR) is 101 cm³/mol. The molecule has 0 unspecified atom stereocenters. The highest BCUT2D eigenvalue weighted by atomic mass is 16.7. The van der Waals surface area contributed by atoms with Gasteiger partial charge in [-0.1, -0.05) is 13.3 Å². The first-order chi connectivity index (χ1) is 14.6. The third-order valence-corrected chi connectivity index (χ3v) is 5.13. The second-order valence-corrected chi connectivity index (χ2v) is 7.82. The normalized spacial score (nSPS) is 39.8. The Labute approximate surface area is 180 Å². The Hall–Kier alpha value is -0.930. The van der Waals surface area contributed by atoms with E-state index >= 15 is 0 Å². The fraction of sp³-hybridized carbons (Fsp3) is 0.947. The summed E-state index contributed by atoms with van der Waals surface area (Å²) in [5, 5.41) is 59.5. The average Bonchev–Trinajstić information content (AvgIpc) is 2.72. The van der Waals surface area contributed by atoms with Gasteiger partial charge in [0, 0.05) is 0 Å². The van der Waals surface area contributed by atoms with Gasteiger partial charge in [-0.15, -0.1) is 0 Å². The second-order valence-electron chi connectivity index (χ2n) is 7.82. The van der Waals surface area contributed by atoms with Crippen molar-refractivity contribution >= 4 is 5.97 Å². The van der Waals surface area contributed by atoms with Crippen LogP contribution in [-0.4, -0.2) is 118 Å². The van der Waals surface area contributed by atoms with Crippen LogP contribution in [0, 0.1) is 0 Å². The van der Waals surface area contributed by atoms with Crippen molar-refractivity contribution in [3.8, 4) is 0 Å². The highest BCUT2D eigenvalue weighted by molar-refractivity contribution is 5.69. The Kier molecular flexibility index (Phi) is 10.5. The first-order valence-electron chi connectivity index (χ1n) is 10.4. The number of aliphatic hydroxyl groups is 6. The molecule has 2 aliphatic heterocycles. The maximum Gasteiger partial charge on any atom is 0.308 e. The van der Waals surface area contributed by atoms with E-state index in [4.69, 9.17) is 23.7 Å². The van der Waals surface area contributed by atoms with Crippen LogP contribution >= 0.6 is 0 Å². The summed E-state index contributed by atoms with van der Waals surface area (Å²) in [4.78, 5) is 11.8. The van der Waals surface area contributed by atoms with E-state index in [0.717, 1.165) is 12.8 Å². The van der Waals surface area contributed by atoms with Crippen LogP contribution in [0.25, 0.3) is 0 Å². The number of carbonyl (C=O) groups is 1. The number of hydrogen-bond donors (Lipinski definition) is 6. The van der Waals surface area contributed by atoms with Crippen molar-refractivity contribution < 1.29 is 59.1 Å².